The maximum Gasteiger partial charge on any atom is 0.284 e. The minimum atomic E-state index is -4.02. The van der Waals surface area contributed by atoms with Crippen molar-refractivity contribution in [1.29, 1.82) is 0 Å². The third-order valence-electron chi connectivity index (χ3n) is 3.75. The van der Waals surface area contributed by atoms with Gasteiger partial charge in [-0.1, -0.05) is 54.1 Å². The molecule has 0 saturated carbocycles. The first-order chi connectivity index (χ1) is 13.8. The second kappa shape index (κ2) is 9.04. The molecule has 0 fully saturated rings. The van der Waals surface area contributed by atoms with Gasteiger partial charge in [0.2, 0.25) is 0 Å². The van der Waals surface area contributed by atoms with Crippen molar-refractivity contribution in [2.75, 3.05) is 5.32 Å². The number of anilines is 1. The molecule has 148 valence electrons. The Morgan fingerprint density at radius 1 is 0.931 bits per heavy atom. The van der Waals surface area contributed by atoms with E-state index in [-0.39, 0.29) is 21.6 Å². The molecule has 0 aliphatic heterocycles. The largest absolute Gasteiger partial charge is 0.506 e. The number of aromatic hydroxyl groups is 1. The molecule has 0 aromatic heterocycles. The summed E-state index contributed by atoms with van der Waals surface area (Å²) in [5, 5.41) is 16.0. The second-order valence-electron chi connectivity index (χ2n) is 5.83. The number of benzene rings is 3. The molecule has 6 nitrogen and oxygen atoms in total. The number of phenolic OH excluding ortho intramolecular Hbond substituents is 1. The van der Waals surface area contributed by atoms with Crippen LogP contribution < -0.4 is 10.6 Å². The number of halogens is 1. The average molecular weight is 446 g/mol. The zero-order valence-corrected chi connectivity index (χ0v) is 17.3. The van der Waals surface area contributed by atoms with E-state index in [1.165, 1.54) is 30.3 Å². The van der Waals surface area contributed by atoms with Crippen LogP contribution in [0.5, 0.6) is 5.75 Å². The van der Waals surface area contributed by atoms with Crippen molar-refractivity contribution in [2.45, 2.75) is 4.90 Å². The van der Waals surface area contributed by atoms with Crippen LogP contribution in [0.15, 0.2) is 88.2 Å². The van der Waals surface area contributed by atoms with Gasteiger partial charge in [0.25, 0.3) is 10.0 Å². The molecule has 0 aliphatic carbocycles. The summed E-state index contributed by atoms with van der Waals surface area (Å²) < 4.78 is 29.4. The molecule has 3 rings (SSSR count). The van der Waals surface area contributed by atoms with Crippen LogP contribution >= 0.6 is 23.8 Å². The van der Waals surface area contributed by atoms with Gasteiger partial charge in [0.05, 0.1) is 10.6 Å². The highest BCUT2D eigenvalue weighted by molar-refractivity contribution is 7.90. The third kappa shape index (κ3) is 5.54. The molecule has 0 unspecified atom stereocenters. The predicted molar refractivity (Wildman–Crippen MR) is 119 cm³/mol. The molecule has 0 saturated heterocycles. The Bertz CT molecular complexity index is 1150. The van der Waals surface area contributed by atoms with Crippen LogP contribution in [-0.2, 0) is 10.0 Å². The average Bonchev–Trinajstić information content (AvgIpc) is 2.70. The number of nitrogens with one attached hydrogen (secondary N) is 2. The van der Waals surface area contributed by atoms with Gasteiger partial charge < -0.3 is 15.7 Å². The van der Waals surface area contributed by atoms with Gasteiger partial charge in [-0.05, 0) is 48.6 Å². The topological polar surface area (TPSA) is 90.8 Å². The van der Waals surface area contributed by atoms with E-state index >= 15 is 0 Å². The first-order valence-corrected chi connectivity index (χ1v) is 10.6. The molecule has 0 bridgehead atoms. The Labute approximate surface area is 178 Å². The lowest BCUT2D eigenvalue weighted by molar-refractivity contribution is 0.478. The van der Waals surface area contributed by atoms with Crippen molar-refractivity contribution in [3.63, 3.8) is 0 Å². The predicted octanol–water partition coefficient (Wildman–Crippen LogP) is 4.17. The standard InChI is InChI=1S/C20H16ClN3O3S2/c21-15-10-12-16(13-11-15)29(26,27)24-19(14-6-2-1-3-7-14)23-20(28)22-17-8-4-5-9-18(17)25/h1-13,25H,(H2,22,23,24,28). The van der Waals surface area contributed by atoms with E-state index < -0.39 is 10.0 Å². The Kier molecular flexibility index (Phi) is 6.48. The van der Waals surface area contributed by atoms with E-state index in [4.69, 9.17) is 23.8 Å². The van der Waals surface area contributed by atoms with Crippen molar-refractivity contribution in [3.05, 3.63) is 89.4 Å². The second-order valence-corrected chi connectivity index (χ2v) is 8.28. The number of thiocarbonyl (C=S) groups is 1. The van der Waals surface area contributed by atoms with E-state index in [1.54, 1.807) is 48.5 Å². The number of amidine groups is 1. The molecule has 3 aromatic carbocycles. The number of phenols is 1. The molecule has 0 atom stereocenters. The molecule has 3 aromatic rings. The van der Waals surface area contributed by atoms with Crippen LogP contribution in [0.2, 0.25) is 5.02 Å². The molecule has 0 radical (unpaired) electrons. The molecule has 3 N–H and O–H groups in total. The summed E-state index contributed by atoms with van der Waals surface area (Å²) in [5.41, 5.74) is 0.893. The summed E-state index contributed by atoms with van der Waals surface area (Å²) in [6, 6.07) is 20.9. The summed E-state index contributed by atoms with van der Waals surface area (Å²) in [6.07, 6.45) is 0. The van der Waals surface area contributed by atoms with Crippen molar-refractivity contribution in [2.24, 2.45) is 4.40 Å². The van der Waals surface area contributed by atoms with E-state index in [9.17, 15) is 13.5 Å². The van der Waals surface area contributed by atoms with Gasteiger partial charge in [0, 0.05) is 10.6 Å². The zero-order chi connectivity index (χ0) is 20.9. The summed E-state index contributed by atoms with van der Waals surface area (Å²) in [6.45, 7) is 0. The summed E-state index contributed by atoms with van der Waals surface area (Å²) in [7, 11) is -4.02. The minimum absolute atomic E-state index is 0.00304. The van der Waals surface area contributed by atoms with Gasteiger partial charge in [0.15, 0.2) is 10.9 Å². The van der Waals surface area contributed by atoms with Crippen LogP contribution in [0.3, 0.4) is 0 Å². The van der Waals surface area contributed by atoms with E-state index in [2.05, 4.69) is 15.0 Å². The Morgan fingerprint density at radius 3 is 2.21 bits per heavy atom. The number of hydrogen-bond acceptors (Lipinski definition) is 4. The number of rotatable bonds is 4. The fourth-order valence-electron chi connectivity index (χ4n) is 2.36. The summed E-state index contributed by atoms with van der Waals surface area (Å²) in [4.78, 5) is -0.00304. The molecule has 0 heterocycles. The molecule has 0 amide bonds. The maximum absolute atomic E-state index is 12.7. The van der Waals surface area contributed by atoms with Crippen LogP contribution in [0.1, 0.15) is 5.56 Å². The third-order valence-corrected chi connectivity index (χ3v) is 5.50. The normalized spacial score (nSPS) is 11.7. The fraction of sp³-hybridized carbons (Fsp3) is 0. The van der Waals surface area contributed by atoms with E-state index in [0.717, 1.165) is 0 Å². The van der Waals surface area contributed by atoms with Gasteiger partial charge in [0.1, 0.15) is 5.75 Å². The van der Waals surface area contributed by atoms with Crippen molar-refractivity contribution < 1.29 is 13.5 Å². The summed E-state index contributed by atoms with van der Waals surface area (Å²) >= 11 is 11.1. The van der Waals surface area contributed by atoms with Crippen LogP contribution in [0.4, 0.5) is 5.69 Å². The monoisotopic (exact) mass is 445 g/mol. The van der Waals surface area contributed by atoms with Gasteiger partial charge in [-0.2, -0.15) is 8.42 Å². The zero-order valence-electron chi connectivity index (χ0n) is 14.9. The lowest BCUT2D eigenvalue weighted by atomic mass is 10.2. The molecule has 29 heavy (non-hydrogen) atoms. The van der Waals surface area contributed by atoms with E-state index in [0.29, 0.717) is 16.3 Å². The van der Waals surface area contributed by atoms with Crippen LogP contribution in [-0.4, -0.2) is 24.5 Å². The number of para-hydroxylation sites is 2. The SMILES string of the molecule is O=S(=O)(N=C(NC(=S)Nc1ccccc1O)c1ccccc1)c1ccc(Cl)cc1. The highest BCUT2D eigenvalue weighted by Crippen LogP contribution is 2.21. The van der Waals surface area contributed by atoms with Gasteiger partial charge in [-0.25, -0.2) is 0 Å². The van der Waals surface area contributed by atoms with Gasteiger partial charge in [-0.15, -0.1) is 4.40 Å². The molecule has 9 heteroatoms. The minimum Gasteiger partial charge on any atom is -0.506 e. The maximum atomic E-state index is 12.7. The Hall–Kier alpha value is -2.94. The van der Waals surface area contributed by atoms with Crippen molar-refractivity contribution in [1.82, 2.24) is 5.32 Å². The fourth-order valence-corrected chi connectivity index (χ4v) is 3.67. The molecule has 0 spiro atoms. The summed E-state index contributed by atoms with van der Waals surface area (Å²) in [5.74, 6) is 0.0390. The highest BCUT2D eigenvalue weighted by Gasteiger charge is 2.17. The molecule has 0 aliphatic rings. The van der Waals surface area contributed by atoms with Crippen LogP contribution in [0.25, 0.3) is 0 Å². The quantitative estimate of drug-likeness (QED) is 0.242. The van der Waals surface area contributed by atoms with Gasteiger partial charge in [-0.3, -0.25) is 0 Å². The van der Waals surface area contributed by atoms with E-state index in [1.807, 2.05) is 0 Å². The number of nitrogens with zero attached hydrogens (tertiary/aromatic N) is 1. The lowest BCUT2D eigenvalue weighted by Gasteiger charge is -2.14. The molecular formula is C20H16ClN3O3S2. The Balaban J connectivity index is 1.93. The highest BCUT2D eigenvalue weighted by atomic mass is 35.5. The van der Waals surface area contributed by atoms with Gasteiger partial charge >= 0.3 is 0 Å². The van der Waals surface area contributed by atoms with Crippen molar-refractivity contribution in [3.8, 4) is 5.75 Å². The van der Waals surface area contributed by atoms with Crippen molar-refractivity contribution >= 4 is 50.5 Å². The smallest absolute Gasteiger partial charge is 0.284 e. The Morgan fingerprint density at radius 2 is 1.55 bits per heavy atom. The first kappa shape index (κ1) is 20.8. The number of hydrogen-bond donors (Lipinski definition) is 3. The number of sulfonamides is 1. The lowest BCUT2D eigenvalue weighted by Crippen LogP contribution is -2.35. The molecular weight excluding hydrogens is 430 g/mol. The first-order valence-electron chi connectivity index (χ1n) is 8.37. The van der Waals surface area contributed by atoms with Crippen LogP contribution in [0, 0.1) is 0 Å².